The van der Waals surface area contributed by atoms with Crippen molar-refractivity contribution in [2.24, 2.45) is 29.1 Å². The third-order valence-electron chi connectivity index (χ3n) is 7.50. The lowest BCUT2D eigenvalue weighted by Crippen LogP contribution is -2.54. The molecule has 1 N–H and O–H groups in total. The van der Waals surface area contributed by atoms with E-state index in [4.69, 9.17) is 4.74 Å². The van der Waals surface area contributed by atoms with Gasteiger partial charge in [0, 0.05) is 12.6 Å². The molecule has 20 heavy (non-hydrogen) atoms. The van der Waals surface area contributed by atoms with Crippen LogP contribution in [0.2, 0.25) is 0 Å². The molecule has 1 heterocycles. The summed E-state index contributed by atoms with van der Waals surface area (Å²) in [6.45, 7) is 2.19. The highest BCUT2D eigenvalue weighted by Gasteiger charge is 2.55. The highest BCUT2D eigenvalue weighted by molar-refractivity contribution is 5.06. The van der Waals surface area contributed by atoms with Crippen LogP contribution in [0.5, 0.6) is 0 Å². The number of fused-ring (bicyclic) bond motifs is 1. The van der Waals surface area contributed by atoms with Gasteiger partial charge >= 0.3 is 0 Å². The molecule has 2 heteroatoms. The molecular formula is C18H29NO. The lowest BCUT2D eigenvalue weighted by Gasteiger charge is -2.59. The zero-order chi connectivity index (χ0) is 13.2. The Labute approximate surface area is 123 Å². The number of hydrogen-bond acceptors (Lipinski definition) is 2. The Morgan fingerprint density at radius 3 is 2.30 bits per heavy atom. The first kappa shape index (κ1) is 12.5. The first-order valence-corrected chi connectivity index (χ1v) is 9.16. The van der Waals surface area contributed by atoms with Crippen LogP contribution in [0.15, 0.2) is 0 Å². The highest BCUT2D eigenvalue weighted by Crippen LogP contribution is 2.61. The van der Waals surface area contributed by atoms with Gasteiger partial charge < -0.3 is 10.1 Å². The molecule has 4 bridgehead atoms. The predicted molar refractivity (Wildman–Crippen MR) is 79.5 cm³/mol. The van der Waals surface area contributed by atoms with E-state index >= 15 is 0 Å². The third-order valence-corrected chi connectivity index (χ3v) is 7.50. The van der Waals surface area contributed by atoms with E-state index in [0.717, 1.165) is 42.9 Å². The lowest BCUT2D eigenvalue weighted by atomic mass is 9.48. The number of nitrogens with one attached hydrogen (secondary N) is 1. The van der Waals surface area contributed by atoms with Crippen molar-refractivity contribution in [2.45, 2.75) is 69.9 Å². The Hall–Kier alpha value is -0.0800. The smallest absolute Gasteiger partial charge is 0.0756 e. The van der Waals surface area contributed by atoms with E-state index in [-0.39, 0.29) is 0 Å². The van der Waals surface area contributed by atoms with Crippen molar-refractivity contribution in [3.05, 3.63) is 0 Å². The van der Waals surface area contributed by atoms with E-state index < -0.39 is 0 Å². The van der Waals surface area contributed by atoms with Crippen molar-refractivity contribution >= 4 is 0 Å². The average molecular weight is 275 g/mol. The van der Waals surface area contributed by atoms with Crippen LogP contribution in [-0.4, -0.2) is 25.3 Å². The van der Waals surface area contributed by atoms with Gasteiger partial charge in [-0.05, 0) is 80.5 Å². The van der Waals surface area contributed by atoms with Crippen LogP contribution in [0, 0.1) is 29.1 Å². The van der Waals surface area contributed by atoms with Crippen LogP contribution in [-0.2, 0) is 4.74 Å². The van der Waals surface area contributed by atoms with Crippen LogP contribution in [0.25, 0.3) is 0 Å². The highest BCUT2D eigenvalue weighted by atomic mass is 16.5. The Balaban J connectivity index is 1.37. The topological polar surface area (TPSA) is 21.3 Å². The van der Waals surface area contributed by atoms with Crippen LogP contribution < -0.4 is 5.32 Å². The molecule has 5 saturated carbocycles. The van der Waals surface area contributed by atoms with E-state index in [0.29, 0.717) is 11.5 Å². The van der Waals surface area contributed by atoms with Gasteiger partial charge in [-0.15, -0.1) is 0 Å². The van der Waals surface area contributed by atoms with Crippen LogP contribution in [0.1, 0.15) is 57.8 Å². The summed E-state index contributed by atoms with van der Waals surface area (Å²) < 4.78 is 6.54. The van der Waals surface area contributed by atoms with Gasteiger partial charge in [0.15, 0.2) is 0 Å². The van der Waals surface area contributed by atoms with Crippen molar-refractivity contribution in [1.82, 2.24) is 5.32 Å². The molecule has 0 radical (unpaired) electrons. The minimum absolute atomic E-state index is 0.529. The summed E-state index contributed by atoms with van der Waals surface area (Å²) in [6, 6.07) is 0.772. The molecule has 5 aliphatic carbocycles. The summed E-state index contributed by atoms with van der Waals surface area (Å²) in [5.41, 5.74) is 0.570. The number of rotatable bonds is 1. The molecule has 2 nitrogen and oxygen atoms in total. The average Bonchev–Trinajstić information content (AvgIpc) is 2.75. The van der Waals surface area contributed by atoms with Gasteiger partial charge in [0.05, 0.1) is 12.7 Å². The molecule has 3 atom stereocenters. The normalized spacial score (nSPS) is 57.6. The summed E-state index contributed by atoms with van der Waals surface area (Å²) in [6.07, 6.45) is 13.8. The molecule has 112 valence electrons. The SMILES string of the molecule is C1CC2COC(C34CC5CC(CC(C5)C3)C4)CNC2C1. The molecule has 6 fully saturated rings. The molecule has 0 spiro atoms. The number of ether oxygens (including phenoxy) is 1. The van der Waals surface area contributed by atoms with Crippen LogP contribution >= 0.6 is 0 Å². The minimum atomic E-state index is 0.529. The second kappa shape index (κ2) is 4.46. The first-order chi connectivity index (χ1) is 9.81. The minimum Gasteiger partial charge on any atom is -0.376 e. The van der Waals surface area contributed by atoms with Gasteiger partial charge in [0.1, 0.15) is 0 Å². The molecule has 0 aromatic rings. The fourth-order valence-electron chi connectivity index (χ4n) is 7.03. The Bertz CT molecular complexity index is 344. The molecule has 0 aromatic carbocycles. The summed E-state index contributed by atoms with van der Waals surface area (Å²) >= 11 is 0. The summed E-state index contributed by atoms with van der Waals surface area (Å²) in [7, 11) is 0. The summed E-state index contributed by atoms with van der Waals surface area (Å²) in [4.78, 5) is 0. The molecule has 1 saturated heterocycles. The van der Waals surface area contributed by atoms with Crippen molar-refractivity contribution in [1.29, 1.82) is 0 Å². The van der Waals surface area contributed by atoms with Crippen molar-refractivity contribution in [3.8, 4) is 0 Å². The van der Waals surface area contributed by atoms with Crippen molar-refractivity contribution < 1.29 is 4.74 Å². The maximum absolute atomic E-state index is 6.54. The zero-order valence-corrected chi connectivity index (χ0v) is 12.7. The molecule has 6 aliphatic rings. The number of hydrogen-bond donors (Lipinski definition) is 1. The molecule has 3 unspecified atom stereocenters. The second-order valence-corrected chi connectivity index (χ2v) is 8.81. The van der Waals surface area contributed by atoms with E-state index in [1.165, 1.54) is 38.5 Å². The molecule has 1 aliphatic heterocycles. The molecule has 0 amide bonds. The Morgan fingerprint density at radius 2 is 1.60 bits per heavy atom. The second-order valence-electron chi connectivity index (χ2n) is 8.81. The van der Waals surface area contributed by atoms with E-state index in [1.807, 2.05) is 0 Å². The zero-order valence-electron chi connectivity index (χ0n) is 12.7. The van der Waals surface area contributed by atoms with Gasteiger partial charge in [0.25, 0.3) is 0 Å². The van der Waals surface area contributed by atoms with Crippen LogP contribution in [0.3, 0.4) is 0 Å². The lowest BCUT2D eigenvalue weighted by molar-refractivity contribution is -0.139. The summed E-state index contributed by atoms with van der Waals surface area (Å²) in [5.74, 6) is 3.96. The Kier molecular flexibility index (Phi) is 2.78. The van der Waals surface area contributed by atoms with Gasteiger partial charge in [0.2, 0.25) is 0 Å². The standard InChI is InChI=1S/C18H29NO/c1-2-15-11-20-17(10-19-16(15)3-1)18-7-12-4-13(8-18)6-14(5-12)9-18/h12-17,19H,1-11H2. The molecule has 6 rings (SSSR count). The maximum atomic E-state index is 6.54. The Morgan fingerprint density at radius 1 is 0.900 bits per heavy atom. The predicted octanol–water partition coefficient (Wildman–Crippen LogP) is 3.36. The van der Waals surface area contributed by atoms with Gasteiger partial charge in [-0.2, -0.15) is 0 Å². The fourth-order valence-corrected chi connectivity index (χ4v) is 7.03. The first-order valence-electron chi connectivity index (χ1n) is 9.16. The molecular weight excluding hydrogens is 246 g/mol. The van der Waals surface area contributed by atoms with Crippen LogP contribution in [0.4, 0.5) is 0 Å². The van der Waals surface area contributed by atoms with E-state index in [9.17, 15) is 0 Å². The van der Waals surface area contributed by atoms with Crippen molar-refractivity contribution in [3.63, 3.8) is 0 Å². The fraction of sp³-hybridized carbons (Fsp3) is 1.00. The van der Waals surface area contributed by atoms with Gasteiger partial charge in [-0.3, -0.25) is 0 Å². The van der Waals surface area contributed by atoms with Gasteiger partial charge in [-0.25, -0.2) is 0 Å². The third kappa shape index (κ3) is 1.83. The monoisotopic (exact) mass is 275 g/mol. The summed E-state index contributed by atoms with van der Waals surface area (Å²) in [5, 5.41) is 3.89. The molecule has 0 aromatic heterocycles. The quantitative estimate of drug-likeness (QED) is 0.792. The largest absolute Gasteiger partial charge is 0.376 e. The van der Waals surface area contributed by atoms with E-state index in [2.05, 4.69) is 5.32 Å². The maximum Gasteiger partial charge on any atom is 0.0756 e. The van der Waals surface area contributed by atoms with E-state index in [1.54, 1.807) is 19.3 Å². The van der Waals surface area contributed by atoms with Gasteiger partial charge in [-0.1, -0.05) is 6.42 Å². The van der Waals surface area contributed by atoms with Crippen molar-refractivity contribution in [2.75, 3.05) is 13.2 Å².